The van der Waals surface area contributed by atoms with E-state index in [0.29, 0.717) is 26.3 Å². The average Bonchev–Trinajstić information content (AvgIpc) is 3.19. The number of benzene rings is 1. The first-order chi connectivity index (χ1) is 13.8. The Labute approximate surface area is 170 Å². The van der Waals surface area contributed by atoms with Crippen molar-refractivity contribution in [1.29, 1.82) is 5.26 Å². The van der Waals surface area contributed by atoms with Gasteiger partial charge in [-0.1, -0.05) is 17.7 Å². The Balaban J connectivity index is 1.85. The minimum Gasteiger partial charge on any atom is -0.378 e. The van der Waals surface area contributed by atoms with Gasteiger partial charge in [-0.15, -0.1) is 0 Å². The standard InChI is InChI=1S/C20H25N3O5S/c1-14-2-4-15(5-3-14)29(26,27)16-12-17(19(24)22-7-6-21)18(13-16)20(25)23-8-10-28-11-9-23/h2-5,16-18H,7-13H2,1H3,(H,22,24). The van der Waals surface area contributed by atoms with Crippen molar-refractivity contribution >= 4 is 21.7 Å². The zero-order chi connectivity index (χ0) is 21.0. The van der Waals surface area contributed by atoms with Crippen LogP contribution in [0.2, 0.25) is 0 Å². The fourth-order valence-corrected chi connectivity index (χ4v) is 5.83. The van der Waals surface area contributed by atoms with Crippen LogP contribution in [0, 0.1) is 30.1 Å². The van der Waals surface area contributed by atoms with Crippen LogP contribution in [0.5, 0.6) is 0 Å². The topological polar surface area (TPSA) is 117 Å². The van der Waals surface area contributed by atoms with Crippen molar-refractivity contribution in [3.63, 3.8) is 0 Å². The van der Waals surface area contributed by atoms with Crippen LogP contribution in [0.15, 0.2) is 29.2 Å². The lowest BCUT2D eigenvalue weighted by molar-refractivity contribution is -0.144. The smallest absolute Gasteiger partial charge is 0.226 e. The average molecular weight is 420 g/mol. The number of carbonyl (C=O) groups excluding carboxylic acids is 2. The summed E-state index contributed by atoms with van der Waals surface area (Å²) >= 11 is 0. The Morgan fingerprint density at radius 1 is 1.17 bits per heavy atom. The lowest BCUT2D eigenvalue weighted by Gasteiger charge is -2.30. The van der Waals surface area contributed by atoms with E-state index in [1.54, 1.807) is 29.2 Å². The normalized spacial score (nSPS) is 24.7. The van der Waals surface area contributed by atoms with Gasteiger partial charge in [0.05, 0.1) is 41.3 Å². The Kier molecular flexibility index (Phi) is 6.55. The van der Waals surface area contributed by atoms with Gasteiger partial charge in [0, 0.05) is 13.1 Å². The molecule has 3 unspecified atom stereocenters. The lowest BCUT2D eigenvalue weighted by atomic mass is 9.93. The summed E-state index contributed by atoms with van der Waals surface area (Å²) in [5.41, 5.74) is 0.949. The maximum Gasteiger partial charge on any atom is 0.226 e. The van der Waals surface area contributed by atoms with Gasteiger partial charge in [-0.25, -0.2) is 8.42 Å². The van der Waals surface area contributed by atoms with Crippen LogP contribution in [0.3, 0.4) is 0 Å². The van der Waals surface area contributed by atoms with Crippen molar-refractivity contribution in [2.75, 3.05) is 32.8 Å². The Morgan fingerprint density at radius 3 is 2.41 bits per heavy atom. The molecule has 2 aliphatic rings. The van der Waals surface area contributed by atoms with Crippen molar-refractivity contribution in [1.82, 2.24) is 10.2 Å². The molecular weight excluding hydrogens is 394 g/mol. The van der Waals surface area contributed by atoms with Gasteiger partial charge in [0.1, 0.15) is 6.54 Å². The molecule has 156 valence electrons. The number of ether oxygens (including phenoxy) is 1. The number of nitrogens with zero attached hydrogens (tertiary/aromatic N) is 2. The number of hydrogen-bond donors (Lipinski definition) is 1. The minimum absolute atomic E-state index is 0.0637. The molecule has 0 radical (unpaired) electrons. The van der Waals surface area contributed by atoms with Gasteiger partial charge in [0.15, 0.2) is 9.84 Å². The fourth-order valence-electron chi connectivity index (χ4n) is 4.00. The highest BCUT2D eigenvalue weighted by atomic mass is 32.2. The number of nitriles is 1. The van der Waals surface area contributed by atoms with Crippen LogP contribution in [-0.4, -0.2) is 63.2 Å². The number of rotatable bonds is 5. The fraction of sp³-hybridized carbons (Fsp3) is 0.550. The lowest BCUT2D eigenvalue weighted by Crippen LogP contribution is -2.46. The number of sulfone groups is 1. The van der Waals surface area contributed by atoms with Gasteiger partial charge < -0.3 is 15.0 Å². The molecule has 1 aliphatic carbocycles. The van der Waals surface area contributed by atoms with Crippen LogP contribution in [0.1, 0.15) is 18.4 Å². The highest BCUT2D eigenvalue weighted by molar-refractivity contribution is 7.92. The van der Waals surface area contributed by atoms with Gasteiger partial charge in [-0.3, -0.25) is 9.59 Å². The summed E-state index contributed by atoms with van der Waals surface area (Å²) in [7, 11) is -3.68. The van der Waals surface area contributed by atoms with Crippen molar-refractivity contribution < 1.29 is 22.7 Å². The van der Waals surface area contributed by atoms with Crippen LogP contribution in [0.4, 0.5) is 0 Å². The van der Waals surface area contributed by atoms with Crippen LogP contribution in [0.25, 0.3) is 0 Å². The molecule has 2 amide bonds. The summed E-state index contributed by atoms with van der Waals surface area (Å²) in [5.74, 6) is -2.16. The van der Waals surface area contributed by atoms with E-state index in [9.17, 15) is 18.0 Å². The van der Waals surface area contributed by atoms with E-state index in [1.165, 1.54) is 0 Å². The van der Waals surface area contributed by atoms with Crippen molar-refractivity contribution in [3.05, 3.63) is 29.8 Å². The molecule has 8 nitrogen and oxygen atoms in total. The van der Waals surface area contributed by atoms with Gasteiger partial charge >= 0.3 is 0 Å². The van der Waals surface area contributed by atoms with Crippen molar-refractivity contribution in [3.8, 4) is 6.07 Å². The van der Waals surface area contributed by atoms with E-state index in [0.717, 1.165) is 5.56 Å². The van der Waals surface area contributed by atoms with E-state index in [2.05, 4.69) is 5.32 Å². The summed E-state index contributed by atoms with van der Waals surface area (Å²) in [6.45, 7) is 3.40. The Hall–Kier alpha value is -2.44. The number of carbonyl (C=O) groups is 2. The van der Waals surface area contributed by atoms with Crippen molar-refractivity contribution in [2.24, 2.45) is 11.8 Å². The summed E-state index contributed by atoms with van der Waals surface area (Å²) in [6.07, 6.45) is 0.158. The summed E-state index contributed by atoms with van der Waals surface area (Å²) < 4.78 is 31.6. The molecule has 1 heterocycles. The van der Waals surface area contributed by atoms with E-state index in [4.69, 9.17) is 10.00 Å². The largest absolute Gasteiger partial charge is 0.378 e. The molecular formula is C20H25N3O5S. The maximum absolute atomic E-state index is 13.1. The van der Waals surface area contributed by atoms with Crippen LogP contribution in [-0.2, 0) is 24.2 Å². The molecule has 0 spiro atoms. The SMILES string of the molecule is Cc1ccc(S(=O)(=O)C2CC(C(=O)NCC#N)C(C(=O)N3CCOCC3)C2)cc1. The maximum atomic E-state index is 13.1. The number of hydrogen-bond acceptors (Lipinski definition) is 6. The first kappa shape index (κ1) is 21.3. The number of aryl methyl sites for hydroxylation is 1. The molecule has 0 aromatic heterocycles. The third-order valence-electron chi connectivity index (χ3n) is 5.63. The number of amides is 2. The van der Waals surface area contributed by atoms with Crippen LogP contribution >= 0.6 is 0 Å². The third-order valence-corrected chi connectivity index (χ3v) is 7.82. The monoisotopic (exact) mass is 419 g/mol. The first-order valence-corrected chi connectivity index (χ1v) is 11.2. The molecule has 29 heavy (non-hydrogen) atoms. The second kappa shape index (κ2) is 8.93. The van der Waals surface area contributed by atoms with Gasteiger partial charge in [-0.05, 0) is 31.9 Å². The van der Waals surface area contributed by atoms with E-state index in [1.807, 2.05) is 13.0 Å². The first-order valence-electron chi connectivity index (χ1n) is 9.66. The highest BCUT2D eigenvalue weighted by Crippen LogP contribution is 2.39. The Morgan fingerprint density at radius 2 is 1.79 bits per heavy atom. The quantitative estimate of drug-likeness (QED) is 0.701. The number of nitrogens with one attached hydrogen (secondary N) is 1. The second-order valence-electron chi connectivity index (χ2n) is 7.48. The van der Waals surface area contributed by atoms with E-state index in [-0.39, 0.29) is 30.2 Å². The molecule has 1 aliphatic heterocycles. The minimum atomic E-state index is -3.68. The molecule has 0 bridgehead atoms. The molecule has 1 N–H and O–H groups in total. The van der Waals surface area contributed by atoms with Crippen LogP contribution < -0.4 is 5.32 Å². The molecule has 2 fully saturated rings. The molecule has 3 rings (SSSR count). The van der Waals surface area contributed by atoms with Gasteiger partial charge in [0.2, 0.25) is 11.8 Å². The summed E-state index contributed by atoms with van der Waals surface area (Å²) in [6, 6.07) is 8.43. The molecule has 9 heteroatoms. The van der Waals surface area contributed by atoms with E-state index >= 15 is 0 Å². The van der Waals surface area contributed by atoms with Gasteiger partial charge in [-0.2, -0.15) is 5.26 Å². The number of morpholine rings is 1. The van der Waals surface area contributed by atoms with Crippen molar-refractivity contribution in [2.45, 2.75) is 29.9 Å². The van der Waals surface area contributed by atoms with Gasteiger partial charge in [0.25, 0.3) is 0 Å². The zero-order valence-corrected chi connectivity index (χ0v) is 17.2. The predicted molar refractivity (Wildman–Crippen MR) is 104 cm³/mol. The predicted octanol–water partition coefficient (Wildman–Crippen LogP) is 0.662. The zero-order valence-electron chi connectivity index (χ0n) is 16.3. The molecule has 1 aromatic carbocycles. The summed E-state index contributed by atoms with van der Waals surface area (Å²) in [4.78, 5) is 27.5. The highest BCUT2D eigenvalue weighted by Gasteiger charge is 2.48. The molecule has 1 aromatic rings. The molecule has 3 atom stereocenters. The van der Waals surface area contributed by atoms with E-state index < -0.39 is 32.8 Å². The molecule has 1 saturated heterocycles. The molecule has 1 saturated carbocycles. The summed E-state index contributed by atoms with van der Waals surface area (Å²) in [5, 5.41) is 10.4. The Bertz CT molecular complexity index is 901. The second-order valence-corrected chi connectivity index (χ2v) is 9.71. The third kappa shape index (κ3) is 4.60.